The molecule has 1 spiro atoms. The van der Waals surface area contributed by atoms with Gasteiger partial charge in [0.1, 0.15) is 5.54 Å². The van der Waals surface area contributed by atoms with Crippen LogP contribution in [0, 0.1) is 11.8 Å². The second kappa shape index (κ2) is 8.23. The standard InChI is InChI=1S/C23H33N3O.ClH/c27-22-23(26(17-24-22)19-8-4-2-5-9-19)13-15-25(16-14-23)21-12-11-18-7-3-1-6-10-20(18)21;/h2,4-5,8-9,18,20-21H,1,3,6-7,10-17H2,(H,24,27);1H. The van der Waals surface area contributed by atoms with E-state index in [0.717, 1.165) is 43.8 Å². The summed E-state index contributed by atoms with van der Waals surface area (Å²) in [6.07, 6.45) is 12.0. The fourth-order valence-electron chi connectivity index (χ4n) is 6.59. The predicted molar refractivity (Wildman–Crippen MR) is 116 cm³/mol. The SMILES string of the molecule is Cl.O=C1NCN(c2ccccc2)C12CCN(C1CCC3CCCCCC31)CC2. The lowest BCUT2D eigenvalue weighted by Gasteiger charge is -2.46. The first-order valence-electron chi connectivity index (χ1n) is 11.1. The largest absolute Gasteiger partial charge is 0.339 e. The molecule has 2 saturated heterocycles. The van der Waals surface area contributed by atoms with Gasteiger partial charge in [-0.05, 0) is 56.1 Å². The highest BCUT2D eigenvalue weighted by Crippen LogP contribution is 2.45. The van der Waals surface area contributed by atoms with Crippen molar-refractivity contribution in [2.24, 2.45) is 11.8 Å². The molecule has 2 aliphatic carbocycles. The molecular formula is C23H34ClN3O. The molecule has 2 saturated carbocycles. The van der Waals surface area contributed by atoms with Crippen molar-refractivity contribution < 1.29 is 4.79 Å². The molecule has 154 valence electrons. The van der Waals surface area contributed by atoms with Gasteiger partial charge in [-0.2, -0.15) is 0 Å². The lowest BCUT2D eigenvalue weighted by Crippen LogP contribution is -2.58. The van der Waals surface area contributed by atoms with E-state index >= 15 is 0 Å². The van der Waals surface area contributed by atoms with Crippen molar-refractivity contribution in [3.8, 4) is 0 Å². The molecule has 2 heterocycles. The zero-order valence-electron chi connectivity index (χ0n) is 16.8. The summed E-state index contributed by atoms with van der Waals surface area (Å²) in [5.41, 5.74) is 0.841. The lowest BCUT2D eigenvalue weighted by molar-refractivity contribution is -0.125. The van der Waals surface area contributed by atoms with Crippen LogP contribution in [0.15, 0.2) is 30.3 Å². The van der Waals surface area contributed by atoms with Crippen molar-refractivity contribution in [2.45, 2.75) is 69.4 Å². The van der Waals surface area contributed by atoms with Gasteiger partial charge in [0.2, 0.25) is 5.91 Å². The highest BCUT2D eigenvalue weighted by atomic mass is 35.5. The average molecular weight is 404 g/mol. The Morgan fingerprint density at radius 2 is 1.68 bits per heavy atom. The Balaban J connectivity index is 0.00000192. The van der Waals surface area contributed by atoms with Crippen molar-refractivity contribution >= 4 is 24.0 Å². The summed E-state index contributed by atoms with van der Waals surface area (Å²) in [5.74, 6) is 2.14. The van der Waals surface area contributed by atoms with Crippen molar-refractivity contribution in [2.75, 3.05) is 24.7 Å². The van der Waals surface area contributed by atoms with Crippen LogP contribution in [0.4, 0.5) is 5.69 Å². The first-order valence-corrected chi connectivity index (χ1v) is 11.1. The summed E-state index contributed by atoms with van der Waals surface area (Å²) in [7, 11) is 0. The van der Waals surface area contributed by atoms with Crippen LogP contribution in [0.2, 0.25) is 0 Å². The van der Waals surface area contributed by atoms with E-state index in [9.17, 15) is 4.79 Å². The van der Waals surface area contributed by atoms with Gasteiger partial charge in [-0.3, -0.25) is 9.69 Å². The van der Waals surface area contributed by atoms with Crippen LogP contribution >= 0.6 is 12.4 Å². The number of piperidine rings is 1. The van der Waals surface area contributed by atoms with E-state index in [1.165, 1.54) is 50.6 Å². The molecule has 1 amide bonds. The maximum absolute atomic E-state index is 12.9. The summed E-state index contributed by atoms with van der Waals surface area (Å²) in [4.78, 5) is 18.0. The molecule has 1 aromatic rings. The van der Waals surface area contributed by atoms with Crippen molar-refractivity contribution in [3.05, 3.63) is 30.3 Å². The maximum Gasteiger partial charge on any atom is 0.247 e. The number of anilines is 1. The van der Waals surface area contributed by atoms with E-state index in [1.54, 1.807) is 0 Å². The molecule has 1 aromatic carbocycles. The third-order valence-corrected chi connectivity index (χ3v) is 8.04. The summed E-state index contributed by atoms with van der Waals surface area (Å²) in [6.45, 7) is 2.80. The number of halogens is 1. The third kappa shape index (κ3) is 3.33. The van der Waals surface area contributed by atoms with Crippen molar-refractivity contribution in [1.82, 2.24) is 10.2 Å². The molecule has 0 aromatic heterocycles. The van der Waals surface area contributed by atoms with Crippen LogP contribution in [0.1, 0.15) is 57.8 Å². The van der Waals surface area contributed by atoms with Gasteiger partial charge in [-0.15, -0.1) is 12.4 Å². The number of hydrogen-bond acceptors (Lipinski definition) is 3. The highest BCUT2D eigenvalue weighted by molar-refractivity contribution is 5.93. The molecule has 28 heavy (non-hydrogen) atoms. The number of nitrogens with zero attached hydrogens (tertiary/aromatic N) is 2. The van der Waals surface area contributed by atoms with Crippen LogP contribution in [-0.2, 0) is 4.79 Å². The van der Waals surface area contributed by atoms with Gasteiger partial charge in [0, 0.05) is 24.8 Å². The minimum absolute atomic E-state index is 0. The fraction of sp³-hybridized carbons (Fsp3) is 0.696. The number of likely N-dealkylation sites (tertiary alicyclic amines) is 1. The number of hydrogen-bond donors (Lipinski definition) is 1. The molecule has 3 unspecified atom stereocenters. The summed E-state index contributed by atoms with van der Waals surface area (Å²) in [5, 5.41) is 3.14. The summed E-state index contributed by atoms with van der Waals surface area (Å²) in [6, 6.07) is 11.3. The summed E-state index contributed by atoms with van der Waals surface area (Å²) >= 11 is 0. The van der Waals surface area contributed by atoms with E-state index in [4.69, 9.17) is 0 Å². The Morgan fingerprint density at radius 1 is 0.929 bits per heavy atom. The Bertz CT molecular complexity index is 674. The number of amides is 1. The molecule has 4 fully saturated rings. The topological polar surface area (TPSA) is 35.6 Å². The number of carbonyl (C=O) groups excluding carboxylic acids is 1. The number of benzene rings is 1. The fourth-order valence-corrected chi connectivity index (χ4v) is 6.59. The highest BCUT2D eigenvalue weighted by Gasteiger charge is 2.52. The predicted octanol–water partition coefficient (Wildman–Crippen LogP) is 4.20. The minimum atomic E-state index is -0.334. The second-order valence-electron chi connectivity index (χ2n) is 9.20. The number of fused-ring (bicyclic) bond motifs is 1. The Labute approximate surface area is 175 Å². The average Bonchev–Trinajstić information content (AvgIpc) is 3.15. The van der Waals surface area contributed by atoms with Gasteiger partial charge >= 0.3 is 0 Å². The van der Waals surface area contributed by atoms with Crippen molar-refractivity contribution in [3.63, 3.8) is 0 Å². The van der Waals surface area contributed by atoms with Crippen LogP contribution < -0.4 is 10.2 Å². The Hall–Kier alpha value is -1.26. The molecular weight excluding hydrogens is 370 g/mol. The maximum atomic E-state index is 12.9. The van der Waals surface area contributed by atoms with Crippen molar-refractivity contribution in [1.29, 1.82) is 0 Å². The quantitative estimate of drug-likeness (QED) is 0.803. The van der Waals surface area contributed by atoms with Crippen LogP contribution in [0.3, 0.4) is 0 Å². The molecule has 4 nitrogen and oxygen atoms in total. The molecule has 1 N–H and O–H groups in total. The van der Waals surface area contributed by atoms with Gasteiger partial charge in [0.05, 0.1) is 6.67 Å². The molecule has 5 heteroatoms. The summed E-state index contributed by atoms with van der Waals surface area (Å²) < 4.78 is 0. The van der Waals surface area contributed by atoms with Gasteiger partial charge < -0.3 is 10.2 Å². The van der Waals surface area contributed by atoms with Crippen LogP contribution in [0.25, 0.3) is 0 Å². The Kier molecular flexibility index (Phi) is 5.89. The van der Waals surface area contributed by atoms with Gasteiger partial charge in [-0.25, -0.2) is 0 Å². The molecule has 4 aliphatic rings. The third-order valence-electron chi connectivity index (χ3n) is 8.04. The van der Waals surface area contributed by atoms with E-state index in [0.29, 0.717) is 6.67 Å². The Morgan fingerprint density at radius 3 is 2.46 bits per heavy atom. The van der Waals surface area contributed by atoms with E-state index in [1.807, 2.05) is 6.07 Å². The minimum Gasteiger partial charge on any atom is -0.339 e. The van der Waals surface area contributed by atoms with E-state index < -0.39 is 0 Å². The van der Waals surface area contributed by atoms with Gasteiger partial charge in [0.15, 0.2) is 0 Å². The number of carbonyl (C=O) groups is 1. The van der Waals surface area contributed by atoms with Crippen LogP contribution in [-0.4, -0.2) is 42.1 Å². The van der Waals surface area contributed by atoms with E-state index in [2.05, 4.69) is 39.4 Å². The van der Waals surface area contributed by atoms with Gasteiger partial charge in [0.25, 0.3) is 0 Å². The van der Waals surface area contributed by atoms with Gasteiger partial charge in [-0.1, -0.05) is 43.9 Å². The molecule has 2 aliphatic heterocycles. The first kappa shape index (κ1) is 20.0. The zero-order chi connectivity index (χ0) is 18.3. The first-order chi connectivity index (χ1) is 13.3. The normalized spacial score (nSPS) is 32.5. The van der Waals surface area contributed by atoms with Crippen LogP contribution in [0.5, 0.6) is 0 Å². The number of rotatable bonds is 2. The number of para-hydroxylation sites is 1. The molecule has 5 rings (SSSR count). The van der Waals surface area contributed by atoms with E-state index in [-0.39, 0.29) is 23.9 Å². The molecule has 0 bridgehead atoms. The monoisotopic (exact) mass is 403 g/mol. The number of nitrogens with one attached hydrogen (secondary N) is 1. The smallest absolute Gasteiger partial charge is 0.247 e. The lowest BCUT2D eigenvalue weighted by atomic mass is 9.83. The second-order valence-corrected chi connectivity index (χ2v) is 9.20. The molecule has 0 radical (unpaired) electrons. The molecule has 3 atom stereocenters. The zero-order valence-corrected chi connectivity index (χ0v) is 17.6.